The average molecular weight is 305 g/mol. The van der Waals surface area contributed by atoms with Crippen molar-refractivity contribution < 1.29 is 4.74 Å². The van der Waals surface area contributed by atoms with Crippen molar-refractivity contribution in [3.63, 3.8) is 0 Å². The molecule has 0 radical (unpaired) electrons. The van der Waals surface area contributed by atoms with Gasteiger partial charge in [-0.1, -0.05) is 27.2 Å². The first-order valence-corrected chi connectivity index (χ1v) is 10.0. The molecule has 0 aromatic carbocycles. The van der Waals surface area contributed by atoms with Crippen LogP contribution in [-0.4, -0.2) is 13.2 Å². The monoisotopic (exact) mass is 304 g/mol. The lowest BCUT2D eigenvalue weighted by molar-refractivity contribution is -0.130. The van der Waals surface area contributed by atoms with Crippen LogP contribution < -0.4 is 0 Å². The van der Waals surface area contributed by atoms with Crippen LogP contribution >= 0.6 is 0 Å². The summed E-state index contributed by atoms with van der Waals surface area (Å²) in [4.78, 5) is 0. The van der Waals surface area contributed by atoms with Crippen LogP contribution in [0.2, 0.25) is 0 Å². The molecule has 8 atom stereocenters. The lowest BCUT2D eigenvalue weighted by atomic mass is 9.44. The molecule has 3 unspecified atom stereocenters. The van der Waals surface area contributed by atoms with E-state index in [-0.39, 0.29) is 0 Å². The number of hydrogen-bond acceptors (Lipinski definition) is 1. The van der Waals surface area contributed by atoms with Crippen LogP contribution in [0.25, 0.3) is 0 Å². The summed E-state index contributed by atoms with van der Waals surface area (Å²) in [6.07, 6.45) is 13.8. The molecule has 0 aromatic rings. The molecule has 0 bridgehead atoms. The van der Waals surface area contributed by atoms with Gasteiger partial charge in [0.15, 0.2) is 0 Å². The summed E-state index contributed by atoms with van der Waals surface area (Å²) in [5, 5.41) is 0. The van der Waals surface area contributed by atoms with Crippen molar-refractivity contribution in [3.05, 3.63) is 0 Å². The molecule has 1 heteroatoms. The van der Waals surface area contributed by atoms with Gasteiger partial charge >= 0.3 is 0 Å². The number of hydrogen-bond donors (Lipinski definition) is 0. The van der Waals surface area contributed by atoms with E-state index in [2.05, 4.69) is 20.8 Å². The van der Waals surface area contributed by atoms with E-state index in [4.69, 9.17) is 4.74 Å². The smallest absolute Gasteiger partial charge is 0.0627 e. The first-order chi connectivity index (χ1) is 10.5. The Morgan fingerprint density at radius 3 is 2.32 bits per heavy atom. The van der Waals surface area contributed by atoms with Crippen molar-refractivity contribution in [2.24, 2.45) is 40.4 Å². The third kappa shape index (κ3) is 2.00. The summed E-state index contributed by atoms with van der Waals surface area (Å²) in [5.74, 6) is 4.99. The molecule has 4 fully saturated rings. The molecule has 0 heterocycles. The minimum absolute atomic E-state index is 0.487. The molecule has 4 rings (SSSR count). The van der Waals surface area contributed by atoms with Crippen LogP contribution in [0.3, 0.4) is 0 Å². The SMILES string of the molecule is CO[C@H]1CCC2[C@@H]3CCC4C[C@@H](C)CC[C@]4(C)C3CC[C@@]21C. The van der Waals surface area contributed by atoms with Crippen LogP contribution in [-0.2, 0) is 4.74 Å². The van der Waals surface area contributed by atoms with Crippen molar-refractivity contribution >= 4 is 0 Å². The van der Waals surface area contributed by atoms with Gasteiger partial charge in [-0.25, -0.2) is 0 Å². The third-order valence-electron chi connectivity index (χ3n) is 9.13. The van der Waals surface area contributed by atoms with Crippen LogP contribution in [0.1, 0.15) is 78.6 Å². The van der Waals surface area contributed by atoms with E-state index in [0.29, 0.717) is 16.9 Å². The molecular weight excluding hydrogens is 268 g/mol. The lowest BCUT2D eigenvalue weighted by Crippen LogP contribution is -2.54. The normalized spacial score (nSPS) is 57.8. The van der Waals surface area contributed by atoms with Gasteiger partial charge in [0.25, 0.3) is 0 Å². The first kappa shape index (κ1) is 15.5. The van der Waals surface area contributed by atoms with Gasteiger partial charge in [0, 0.05) is 7.11 Å². The van der Waals surface area contributed by atoms with E-state index in [1.54, 1.807) is 0 Å². The van der Waals surface area contributed by atoms with E-state index in [0.717, 1.165) is 29.6 Å². The Kier molecular flexibility index (Phi) is 3.68. The fourth-order valence-electron chi connectivity index (χ4n) is 7.81. The van der Waals surface area contributed by atoms with Gasteiger partial charge < -0.3 is 4.74 Å². The Bertz CT molecular complexity index is 432. The topological polar surface area (TPSA) is 9.23 Å². The van der Waals surface area contributed by atoms with Gasteiger partial charge in [-0.05, 0) is 91.8 Å². The molecule has 0 N–H and O–H groups in total. The van der Waals surface area contributed by atoms with Crippen LogP contribution in [0.5, 0.6) is 0 Å². The van der Waals surface area contributed by atoms with Crippen molar-refractivity contribution in [2.75, 3.05) is 7.11 Å². The Morgan fingerprint density at radius 2 is 1.55 bits per heavy atom. The summed E-state index contributed by atoms with van der Waals surface area (Å²) in [7, 11) is 1.95. The predicted molar refractivity (Wildman–Crippen MR) is 91.7 cm³/mol. The number of ether oxygens (including phenoxy) is 1. The minimum atomic E-state index is 0.487. The molecule has 4 saturated carbocycles. The predicted octanol–water partition coefficient (Wildman–Crippen LogP) is 5.68. The van der Waals surface area contributed by atoms with E-state index >= 15 is 0 Å². The second-order valence-corrected chi connectivity index (χ2v) is 9.88. The van der Waals surface area contributed by atoms with E-state index in [9.17, 15) is 0 Å². The standard InChI is InChI=1S/C21H36O/c1-14-9-11-20(2)15(13-14)5-6-16-17-7-8-19(22-4)21(17,3)12-10-18(16)20/h14-19H,5-13H2,1-4H3/t14-,15?,16-,17?,18?,19-,20-,21-/m0/s1. The Hall–Kier alpha value is -0.0400. The quantitative estimate of drug-likeness (QED) is 0.605. The van der Waals surface area contributed by atoms with Gasteiger partial charge in [0.2, 0.25) is 0 Å². The largest absolute Gasteiger partial charge is 0.381 e. The van der Waals surface area contributed by atoms with E-state index < -0.39 is 0 Å². The molecular formula is C21H36O. The molecule has 0 amide bonds. The second kappa shape index (κ2) is 5.23. The maximum Gasteiger partial charge on any atom is 0.0627 e. The summed E-state index contributed by atoms with van der Waals surface area (Å²) in [6.45, 7) is 7.74. The lowest BCUT2D eigenvalue weighted by Gasteiger charge is -2.61. The summed E-state index contributed by atoms with van der Waals surface area (Å²) in [6, 6.07) is 0. The molecule has 0 spiro atoms. The third-order valence-corrected chi connectivity index (χ3v) is 9.13. The highest BCUT2D eigenvalue weighted by atomic mass is 16.5. The molecule has 0 saturated heterocycles. The fourth-order valence-corrected chi connectivity index (χ4v) is 7.81. The van der Waals surface area contributed by atoms with Crippen LogP contribution in [0.4, 0.5) is 0 Å². The van der Waals surface area contributed by atoms with Crippen LogP contribution in [0, 0.1) is 40.4 Å². The number of rotatable bonds is 1. The van der Waals surface area contributed by atoms with Gasteiger partial charge in [-0.3, -0.25) is 0 Å². The van der Waals surface area contributed by atoms with E-state index in [1.807, 2.05) is 7.11 Å². The zero-order chi connectivity index (χ0) is 15.5. The molecule has 126 valence electrons. The van der Waals surface area contributed by atoms with Crippen molar-refractivity contribution in [1.29, 1.82) is 0 Å². The zero-order valence-electron chi connectivity index (χ0n) is 15.2. The molecule has 4 aliphatic carbocycles. The first-order valence-electron chi connectivity index (χ1n) is 10.0. The maximum absolute atomic E-state index is 5.91. The minimum Gasteiger partial charge on any atom is -0.381 e. The van der Waals surface area contributed by atoms with Crippen molar-refractivity contribution in [3.8, 4) is 0 Å². The summed E-state index contributed by atoms with van der Waals surface area (Å²) in [5.41, 5.74) is 1.16. The van der Waals surface area contributed by atoms with E-state index in [1.165, 1.54) is 57.8 Å². The van der Waals surface area contributed by atoms with Gasteiger partial charge in [0.05, 0.1) is 6.10 Å². The Balaban J connectivity index is 1.61. The maximum atomic E-state index is 5.91. The van der Waals surface area contributed by atoms with Crippen molar-refractivity contribution in [2.45, 2.75) is 84.7 Å². The summed E-state index contributed by atoms with van der Waals surface area (Å²) >= 11 is 0. The molecule has 4 aliphatic rings. The second-order valence-electron chi connectivity index (χ2n) is 9.88. The molecule has 1 nitrogen and oxygen atoms in total. The van der Waals surface area contributed by atoms with Gasteiger partial charge in [-0.15, -0.1) is 0 Å². The van der Waals surface area contributed by atoms with Crippen molar-refractivity contribution in [1.82, 2.24) is 0 Å². The average Bonchev–Trinajstić information content (AvgIpc) is 2.84. The highest BCUT2D eigenvalue weighted by molar-refractivity contribution is 5.09. The Morgan fingerprint density at radius 1 is 0.818 bits per heavy atom. The molecule has 22 heavy (non-hydrogen) atoms. The highest BCUT2D eigenvalue weighted by Crippen LogP contribution is 2.66. The van der Waals surface area contributed by atoms with Gasteiger partial charge in [-0.2, -0.15) is 0 Å². The van der Waals surface area contributed by atoms with Gasteiger partial charge in [0.1, 0.15) is 0 Å². The summed E-state index contributed by atoms with van der Waals surface area (Å²) < 4.78 is 5.91. The number of methoxy groups -OCH3 is 1. The molecule has 0 aliphatic heterocycles. The van der Waals surface area contributed by atoms with Crippen LogP contribution in [0.15, 0.2) is 0 Å². The fraction of sp³-hybridized carbons (Fsp3) is 1.00. The molecule has 0 aromatic heterocycles. The number of fused-ring (bicyclic) bond motifs is 5. The zero-order valence-corrected chi connectivity index (χ0v) is 15.2. The Labute approximate surface area is 137 Å². The highest BCUT2D eigenvalue weighted by Gasteiger charge is 2.60.